The van der Waals surface area contributed by atoms with Gasteiger partial charge in [0.2, 0.25) is 0 Å². The number of halogens is 3. The van der Waals surface area contributed by atoms with E-state index in [1.807, 2.05) is 0 Å². The molecule has 0 saturated carbocycles. The summed E-state index contributed by atoms with van der Waals surface area (Å²) in [5.41, 5.74) is -1.03. The van der Waals surface area contributed by atoms with Crippen molar-refractivity contribution in [2.45, 2.75) is 13.1 Å². The minimum atomic E-state index is -4.52. The second kappa shape index (κ2) is 3.72. The lowest BCUT2D eigenvalue weighted by molar-refractivity contribution is -0.141. The second-order valence-corrected chi connectivity index (χ2v) is 2.53. The number of aromatic nitrogens is 2. The van der Waals surface area contributed by atoms with Crippen LogP contribution in [0.1, 0.15) is 17.0 Å². The van der Waals surface area contributed by atoms with Gasteiger partial charge in [0.1, 0.15) is 6.61 Å². The molecule has 0 spiro atoms. The number of aromatic amines is 1. The van der Waals surface area contributed by atoms with Crippen molar-refractivity contribution < 1.29 is 18.3 Å². The first-order chi connectivity index (χ1) is 6.46. The third-order valence-corrected chi connectivity index (χ3v) is 1.51. The molecule has 1 rings (SSSR count). The monoisotopic (exact) mass is 204 g/mol. The van der Waals surface area contributed by atoms with Crippen LogP contribution in [0, 0.1) is 18.8 Å². The van der Waals surface area contributed by atoms with E-state index in [0.717, 1.165) is 0 Å². The lowest BCUT2D eigenvalue weighted by atomic mass is 10.2. The second-order valence-electron chi connectivity index (χ2n) is 2.53. The zero-order chi connectivity index (χ0) is 10.8. The first-order valence-electron chi connectivity index (χ1n) is 3.68. The van der Waals surface area contributed by atoms with Gasteiger partial charge in [0.25, 0.3) is 0 Å². The van der Waals surface area contributed by atoms with Gasteiger partial charge in [-0.2, -0.15) is 18.3 Å². The summed E-state index contributed by atoms with van der Waals surface area (Å²) >= 11 is 0. The van der Waals surface area contributed by atoms with Crippen LogP contribution in [0.4, 0.5) is 13.2 Å². The van der Waals surface area contributed by atoms with Gasteiger partial charge in [-0.3, -0.25) is 5.10 Å². The number of hydrogen-bond acceptors (Lipinski definition) is 2. The van der Waals surface area contributed by atoms with E-state index in [2.05, 4.69) is 22.0 Å². The minimum Gasteiger partial charge on any atom is -0.384 e. The molecule has 0 bridgehead atoms. The first kappa shape index (κ1) is 10.6. The van der Waals surface area contributed by atoms with Crippen molar-refractivity contribution >= 4 is 0 Å². The van der Waals surface area contributed by atoms with Crippen molar-refractivity contribution in [2.24, 2.45) is 0 Å². The van der Waals surface area contributed by atoms with Crippen LogP contribution >= 0.6 is 0 Å². The van der Waals surface area contributed by atoms with E-state index in [0.29, 0.717) is 0 Å². The van der Waals surface area contributed by atoms with E-state index in [-0.39, 0.29) is 11.3 Å². The van der Waals surface area contributed by atoms with Crippen LogP contribution in [0.25, 0.3) is 0 Å². The molecule has 2 N–H and O–H groups in total. The molecular weight excluding hydrogens is 197 g/mol. The third kappa shape index (κ3) is 2.06. The van der Waals surface area contributed by atoms with Crippen LogP contribution in [0.15, 0.2) is 0 Å². The van der Waals surface area contributed by atoms with E-state index in [9.17, 15) is 13.2 Å². The summed E-state index contributed by atoms with van der Waals surface area (Å²) in [7, 11) is 0. The maximum absolute atomic E-state index is 12.3. The van der Waals surface area contributed by atoms with Gasteiger partial charge in [-0.1, -0.05) is 11.8 Å². The molecule has 3 nitrogen and oxygen atoms in total. The maximum Gasteiger partial charge on any atom is 0.436 e. The molecule has 0 aliphatic carbocycles. The quantitative estimate of drug-likeness (QED) is 0.621. The van der Waals surface area contributed by atoms with E-state index in [1.165, 1.54) is 6.92 Å². The highest BCUT2D eigenvalue weighted by molar-refractivity contribution is 5.42. The number of hydrogen-bond donors (Lipinski definition) is 2. The van der Waals surface area contributed by atoms with Gasteiger partial charge in [-0.25, -0.2) is 0 Å². The predicted octanol–water partition coefficient (Wildman–Crippen LogP) is 1.08. The lowest BCUT2D eigenvalue weighted by Crippen LogP contribution is -2.07. The normalized spacial score (nSPS) is 10.9. The average molecular weight is 204 g/mol. The molecule has 1 heterocycles. The largest absolute Gasteiger partial charge is 0.436 e. The highest BCUT2D eigenvalue weighted by Gasteiger charge is 2.37. The number of nitrogens with one attached hydrogen (secondary N) is 1. The summed E-state index contributed by atoms with van der Waals surface area (Å²) < 4.78 is 36.8. The topological polar surface area (TPSA) is 48.9 Å². The highest BCUT2D eigenvalue weighted by atomic mass is 19.4. The highest BCUT2D eigenvalue weighted by Crippen LogP contribution is 2.30. The van der Waals surface area contributed by atoms with Crippen LogP contribution in [0.3, 0.4) is 0 Å². The lowest BCUT2D eigenvalue weighted by Gasteiger charge is -2.01. The summed E-state index contributed by atoms with van der Waals surface area (Å²) in [5.74, 6) is 4.35. The Morgan fingerprint density at radius 3 is 2.64 bits per heavy atom. The van der Waals surface area contributed by atoms with Gasteiger partial charge in [-0.05, 0) is 6.92 Å². The number of alkyl halides is 3. The predicted molar refractivity (Wildman–Crippen MR) is 42.3 cm³/mol. The zero-order valence-electron chi connectivity index (χ0n) is 7.24. The molecule has 0 atom stereocenters. The molecule has 0 aliphatic heterocycles. The van der Waals surface area contributed by atoms with Gasteiger partial charge in [0.05, 0.1) is 5.56 Å². The number of aliphatic hydroxyl groups excluding tert-OH is 1. The number of aryl methyl sites for hydroxylation is 1. The molecular formula is C8H7F3N2O. The summed E-state index contributed by atoms with van der Waals surface area (Å²) in [6.45, 7) is 0.950. The number of aliphatic hydroxyl groups is 1. The Labute approximate surface area is 77.9 Å². The van der Waals surface area contributed by atoms with E-state index >= 15 is 0 Å². The molecule has 0 aromatic carbocycles. The van der Waals surface area contributed by atoms with Crippen LogP contribution in [-0.2, 0) is 6.18 Å². The van der Waals surface area contributed by atoms with Crippen molar-refractivity contribution in [3.63, 3.8) is 0 Å². The Hall–Kier alpha value is -1.48. The first-order valence-corrected chi connectivity index (χ1v) is 3.68. The number of rotatable bonds is 0. The van der Waals surface area contributed by atoms with Gasteiger partial charge < -0.3 is 5.11 Å². The molecule has 14 heavy (non-hydrogen) atoms. The van der Waals surface area contributed by atoms with Gasteiger partial charge >= 0.3 is 6.18 Å². The average Bonchev–Trinajstić information content (AvgIpc) is 2.42. The van der Waals surface area contributed by atoms with Gasteiger partial charge in [0.15, 0.2) is 5.69 Å². The van der Waals surface area contributed by atoms with E-state index in [1.54, 1.807) is 0 Å². The summed E-state index contributed by atoms with van der Waals surface area (Å²) in [6.07, 6.45) is -4.52. The van der Waals surface area contributed by atoms with Gasteiger partial charge in [0, 0.05) is 5.69 Å². The SMILES string of the molecule is Cc1[nH]nc(C(F)(F)F)c1C#CCO. The number of nitrogens with zero attached hydrogens (tertiary/aromatic N) is 1. The molecule has 6 heteroatoms. The Bertz CT molecular complexity index is 384. The molecule has 0 fully saturated rings. The van der Waals surface area contributed by atoms with E-state index in [4.69, 9.17) is 5.11 Å². The van der Waals surface area contributed by atoms with Crippen LogP contribution in [0.2, 0.25) is 0 Å². The van der Waals surface area contributed by atoms with Gasteiger partial charge in [-0.15, -0.1) is 0 Å². The maximum atomic E-state index is 12.3. The number of H-pyrrole nitrogens is 1. The Morgan fingerprint density at radius 2 is 2.14 bits per heavy atom. The molecule has 0 aliphatic rings. The van der Waals surface area contributed by atoms with Crippen LogP contribution in [0.5, 0.6) is 0 Å². The Kier molecular flexibility index (Phi) is 2.81. The van der Waals surface area contributed by atoms with Crippen molar-refractivity contribution in [2.75, 3.05) is 6.61 Å². The van der Waals surface area contributed by atoms with Crippen LogP contribution in [-0.4, -0.2) is 21.9 Å². The zero-order valence-corrected chi connectivity index (χ0v) is 7.24. The molecule has 0 saturated heterocycles. The smallest absolute Gasteiger partial charge is 0.384 e. The Balaban J connectivity index is 3.20. The summed E-state index contributed by atoms with van der Waals surface area (Å²) in [4.78, 5) is 0. The molecule has 1 aromatic heterocycles. The third-order valence-electron chi connectivity index (χ3n) is 1.51. The molecule has 1 aromatic rings. The standard InChI is InChI=1S/C8H7F3N2O/c1-5-6(3-2-4-14)7(13-12-5)8(9,10)11/h14H,4H2,1H3,(H,12,13). The summed E-state index contributed by atoms with van der Waals surface area (Å²) in [6, 6.07) is 0. The molecule has 0 unspecified atom stereocenters. The van der Waals surface area contributed by atoms with Crippen molar-refractivity contribution in [1.82, 2.24) is 10.2 Å². The Morgan fingerprint density at radius 1 is 1.50 bits per heavy atom. The fraction of sp³-hybridized carbons (Fsp3) is 0.375. The fourth-order valence-electron chi connectivity index (χ4n) is 0.915. The van der Waals surface area contributed by atoms with E-state index < -0.39 is 18.5 Å². The van der Waals surface area contributed by atoms with Crippen molar-refractivity contribution in [3.8, 4) is 11.8 Å². The summed E-state index contributed by atoms with van der Waals surface area (Å²) in [5, 5.41) is 13.7. The molecule has 0 amide bonds. The minimum absolute atomic E-state index is 0.216. The van der Waals surface area contributed by atoms with Crippen molar-refractivity contribution in [3.05, 3.63) is 17.0 Å². The molecule has 76 valence electrons. The van der Waals surface area contributed by atoms with Crippen LogP contribution < -0.4 is 0 Å². The fourth-order valence-corrected chi connectivity index (χ4v) is 0.915. The van der Waals surface area contributed by atoms with Crippen molar-refractivity contribution in [1.29, 1.82) is 0 Å². The molecule has 0 radical (unpaired) electrons.